The van der Waals surface area contributed by atoms with Crippen molar-refractivity contribution in [2.45, 2.75) is 6.92 Å². The Kier molecular flexibility index (Phi) is 3.53. The number of carboxylic acid groups (broad SMARTS) is 1. The molecule has 0 atom stereocenters. The summed E-state index contributed by atoms with van der Waals surface area (Å²) >= 11 is 0. The summed E-state index contributed by atoms with van der Waals surface area (Å²) in [6, 6.07) is 9.14. The highest BCUT2D eigenvalue weighted by Gasteiger charge is 2.21. The van der Waals surface area contributed by atoms with Gasteiger partial charge < -0.3 is 10.4 Å². The first-order valence-electron chi connectivity index (χ1n) is 6.90. The van der Waals surface area contributed by atoms with Gasteiger partial charge in [-0.3, -0.25) is 14.5 Å². The second-order valence-electron chi connectivity index (χ2n) is 5.15. The summed E-state index contributed by atoms with van der Waals surface area (Å²) in [6.07, 6.45) is 1.30. The van der Waals surface area contributed by atoms with E-state index in [9.17, 15) is 9.59 Å². The Morgan fingerprint density at radius 3 is 2.74 bits per heavy atom. The number of nitrogens with one attached hydrogen (secondary N) is 1. The smallest absolute Gasteiger partial charge is 0.339 e. The first-order valence-corrected chi connectivity index (χ1v) is 6.90. The summed E-state index contributed by atoms with van der Waals surface area (Å²) in [5.74, 6) is -1.77. The second-order valence-corrected chi connectivity index (χ2v) is 5.15. The van der Waals surface area contributed by atoms with Crippen LogP contribution >= 0.6 is 0 Å². The van der Waals surface area contributed by atoms with E-state index >= 15 is 0 Å². The topological polar surface area (TPSA) is 97.1 Å². The molecule has 0 bridgehead atoms. The molecule has 1 amide bonds. The van der Waals surface area contributed by atoms with Crippen LogP contribution < -0.4 is 5.32 Å². The van der Waals surface area contributed by atoms with Crippen molar-refractivity contribution in [2.75, 3.05) is 5.32 Å². The summed E-state index contributed by atoms with van der Waals surface area (Å²) in [7, 11) is 1.56. The molecule has 1 aromatic carbocycles. The Morgan fingerprint density at radius 1 is 1.26 bits per heavy atom. The lowest BCUT2D eigenvalue weighted by Crippen LogP contribution is -2.16. The summed E-state index contributed by atoms with van der Waals surface area (Å²) in [5, 5.41) is 16.6. The van der Waals surface area contributed by atoms with E-state index in [1.54, 1.807) is 13.1 Å². The number of anilines is 1. The molecule has 0 unspecified atom stereocenters. The molecule has 3 aromatic rings. The average molecular weight is 310 g/mol. The average Bonchev–Trinajstić information content (AvgIpc) is 2.89. The molecular weight excluding hydrogens is 296 g/mol. The van der Waals surface area contributed by atoms with E-state index in [-0.39, 0.29) is 11.3 Å². The van der Waals surface area contributed by atoms with Gasteiger partial charge in [-0.2, -0.15) is 5.10 Å². The van der Waals surface area contributed by atoms with E-state index in [1.165, 1.54) is 10.9 Å². The molecule has 7 nitrogen and oxygen atoms in total. The van der Waals surface area contributed by atoms with E-state index in [4.69, 9.17) is 5.11 Å². The van der Waals surface area contributed by atoms with Crippen LogP contribution in [0.1, 0.15) is 26.5 Å². The number of nitrogens with zero attached hydrogens (tertiary/aromatic N) is 3. The Bertz CT molecular complexity index is 930. The normalized spacial score (nSPS) is 10.7. The van der Waals surface area contributed by atoms with Gasteiger partial charge in [-0.05, 0) is 19.1 Å². The maximum atomic E-state index is 12.4. The number of pyridine rings is 1. The fourth-order valence-corrected chi connectivity index (χ4v) is 2.41. The Labute approximate surface area is 131 Å². The van der Waals surface area contributed by atoms with Crippen molar-refractivity contribution >= 4 is 28.5 Å². The largest absolute Gasteiger partial charge is 0.478 e. The van der Waals surface area contributed by atoms with Crippen LogP contribution in [0.25, 0.3) is 10.9 Å². The molecule has 0 saturated heterocycles. The molecule has 0 radical (unpaired) electrons. The molecule has 0 aliphatic rings. The van der Waals surface area contributed by atoms with E-state index < -0.39 is 11.9 Å². The minimum Gasteiger partial charge on any atom is -0.478 e. The van der Waals surface area contributed by atoms with Crippen molar-refractivity contribution in [1.29, 1.82) is 0 Å². The highest BCUT2D eigenvalue weighted by atomic mass is 16.4. The molecule has 2 heterocycles. The fourth-order valence-electron chi connectivity index (χ4n) is 2.41. The van der Waals surface area contributed by atoms with Gasteiger partial charge in [-0.15, -0.1) is 0 Å². The van der Waals surface area contributed by atoms with Crippen LogP contribution in [0.3, 0.4) is 0 Å². The maximum absolute atomic E-state index is 12.4. The summed E-state index contributed by atoms with van der Waals surface area (Å²) in [5.41, 5.74) is 1.81. The first kappa shape index (κ1) is 14.7. The number of para-hydroxylation sites is 1. The molecule has 0 aliphatic heterocycles. The maximum Gasteiger partial charge on any atom is 0.339 e. The molecule has 0 aliphatic carbocycles. The monoisotopic (exact) mass is 310 g/mol. The Balaban J connectivity index is 2.03. The molecule has 0 fully saturated rings. The van der Waals surface area contributed by atoms with Gasteiger partial charge in [0.15, 0.2) is 5.69 Å². The van der Waals surface area contributed by atoms with Crippen LogP contribution in [0, 0.1) is 6.92 Å². The Hall–Kier alpha value is -3.22. The van der Waals surface area contributed by atoms with Gasteiger partial charge in [0.2, 0.25) is 0 Å². The van der Waals surface area contributed by atoms with Crippen LogP contribution in [-0.4, -0.2) is 31.7 Å². The quantitative estimate of drug-likeness (QED) is 0.773. The number of aromatic nitrogens is 3. The number of aryl methyl sites for hydroxylation is 2. The number of carbonyl (C=O) groups excluding carboxylic acids is 1. The highest BCUT2D eigenvalue weighted by Crippen LogP contribution is 2.23. The van der Waals surface area contributed by atoms with Crippen molar-refractivity contribution in [1.82, 2.24) is 14.8 Å². The predicted octanol–water partition coefficient (Wildman–Crippen LogP) is 2.23. The fraction of sp³-hybridized carbons (Fsp3) is 0.125. The van der Waals surface area contributed by atoms with Crippen molar-refractivity contribution < 1.29 is 14.7 Å². The molecular formula is C16H14N4O3. The van der Waals surface area contributed by atoms with Crippen LogP contribution in [-0.2, 0) is 7.05 Å². The summed E-state index contributed by atoms with van der Waals surface area (Å²) in [4.78, 5) is 28.1. The van der Waals surface area contributed by atoms with E-state index in [0.717, 1.165) is 16.6 Å². The highest BCUT2D eigenvalue weighted by molar-refractivity contribution is 6.12. The summed E-state index contributed by atoms with van der Waals surface area (Å²) < 4.78 is 1.30. The van der Waals surface area contributed by atoms with Crippen LogP contribution in [0.15, 0.2) is 36.5 Å². The third-order valence-corrected chi connectivity index (χ3v) is 3.37. The summed E-state index contributed by atoms with van der Waals surface area (Å²) in [6.45, 7) is 1.82. The minimum absolute atomic E-state index is 0.126. The number of amides is 1. The molecule has 116 valence electrons. The van der Waals surface area contributed by atoms with Crippen molar-refractivity contribution in [3.63, 3.8) is 0 Å². The van der Waals surface area contributed by atoms with E-state index in [2.05, 4.69) is 15.4 Å². The zero-order valence-electron chi connectivity index (χ0n) is 12.6. The standard InChI is InChI=1S/C16H14N4O3/c1-9-7-13(10-5-3-4-6-12(10)17-9)18-15(21)14-11(16(22)23)8-20(2)19-14/h3-8H,1-2H3,(H,22,23)(H,17,18,21). The number of aromatic carboxylic acids is 1. The second kappa shape index (κ2) is 5.53. The number of carboxylic acids is 1. The molecule has 0 spiro atoms. The van der Waals surface area contributed by atoms with Gasteiger partial charge in [-0.25, -0.2) is 4.79 Å². The van der Waals surface area contributed by atoms with Crippen molar-refractivity contribution in [2.24, 2.45) is 7.05 Å². The third-order valence-electron chi connectivity index (χ3n) is 3.37. The van der Waals surface area contributed by atoms with E-state index in [0.29, 0.717) is 5.69 Å². The zero-order chi connectivity index (χ0) is 16.6. The number of benzene rings is 1. The zero-order valence-corrected chi connectivity index (χ0v) is 12.6. The van der Waals surface area contributed by atoms with Crippen LogP contribution in [0.4, 0.5) is 5.69 Å². The molecule has 2 N–H and O–H groups in total. The lowest BCUT2D eigenvalue weighted by Gasteiger charge is -2.09. The molecule has 2 aromatic heterocycles. The lowest BCUT2D eigenvalue weighted by atomic mass is 10.1. The SMILES string of the molecule is Cc1cc(NC(=O)c2nn(C)cc2C(=O)O)c2ccccc2n1. The van der Waals surface area contributed by atoms with Gasteiger partial charge in [0.1, 0.15) is 5.56 Å². The van der Waals surface area contributed by atoms with Gasteiger partial charge in [0, 0.05) is 24.3 Å². The number of carbonyl (C=O) groups is 2. The number of hydrogen-bond donors (Lipinski definition) is 2. The van der Waals surface area contributed by atoms with Gasteiger partial charge >= 0.3 is 5.97 Å². The molecule has 7 heteroatoms. The van der Waals surface area contributed by atoms with Gasteiger partial charge in [-0.1, -0.05) is 18.2 Å². The van der Waals surface area contributed by atoms with Gasteiger partial charge in [0.25, 0.3) is 5.91 Å². The Morgan fingerprint density at radius 2 is 2.00 bits per heavy atom. The van der Waals surface area contributed by atoms with Crippen molar-refractivity contribution in [3.05, 3.63) is 53.5 Å². The first-order chi connectivity index (χ1) is 11.0. The number of fused-ring (bicyclic) bond motifs is 1. The molecule has 0 saturated carbocycles. The van der Waals surface area contributed by atoms with Crippen LogP contribution in [0.5, 0.6) is 0 Å². The third kappa shape index (κ3) is 2.76. The minimum atomic E-state index is -1.20. The van der Waals surface area contributed by atoms with Crippen molar-refractivity contribution in [3.8, 4) is 0 Å². The number of rotatable bonds is 3. The van der Waals surface area contributed by atoms with Gasteiger partial charge in [0.05, 0.1) is 11.2 Å². The molecule has 3 rings (SSSR count). The number of hydrogen-bond acceptors (Lipinski definition) is 4. The van der Waals surface area contributed by atoms with Crippen LogP contribution in [0.2, 0.25) is 0 Å². The predicted molar refractivity (Wildman–Crippen MR) is 84.6 cm³/mol. The lowest BCUT2D eigenvalue weighted by molar-refractivity contribution is 0.0692. The molecule has 23 heavy (non-hydrogen) atoms. The van der Waals surface area contributed by atoms with E-state index in [1.807, 2.05) is 31.2 Å².